The molecule has 0 aliphatic heterocycles. The Morgan fingerprint density at radius 3 is 2.53 bits per heavy atom. The normalized spacial score (nSPS) is 18.4. The van der Waals surface area contributed by atoms with Gasteiger partial charge >= 0.3 is 0 Å². The molecule has 1 N–H and O–H groups in total. The topological polar surface area (TPSA) is 35.8 Å². The van der Waals surface area contributed by atoms with Crippen LogP contribution in [0.1, 0.15) is 25.7 Å². The number of rotatable bonds is 2. The Kier molecular flexibility index (Phi) is 2.97. The van der Waals surface area contributed by atoms with Crippen molar-refractivity contribution in [1.82, 2.24) is 0 Å². The van der Waals surface area contributed by atoms with E-state index in [4.69, 9.17) is 0 Å². The number of nitrogens with one attached hydrogen (secondary N) is 1. The van der Waals surface area contributed by atoms with Gasteiger partial charge in [0.05, 0.1) is 6.07 Å². The average molecular weight is 265 g/mol. The summed E-state index contributed by atoms with van der Waals surface area (Å²) in [5.74, 6) is 0. The Balaban J connectivity index is 2.21. The minimum atomic E-state index is -0.343. The van der Waals surface area contributed by atoms with E-state index in [0.717, 1.165) is 35.8 Å². The van der Waals surface area contributed by atoms with E-state index in [0.29, 0.717) is 0 Å². The third-order valence-electron chi connectivity index (χ3n) is 2.92. The summed E-state index contributed by atoms with van der Waals surface area (Å²) in [6.07, 6.45) is 4.19. The molecule has 1 aromatic rings. The summed E-state index contributed by atoms with van der Waals surface area (Å²) < 4.78 is 1.02. The molecule has 0 saturated heterocycles. The molecule has 0 heterocycles. The monoisotopic (exact) mass is 264 g/mol. The number of nitrogens with zero attached hydrogens (tertiary/aromatic N) is 1. The Labute approximate surface area is 98.4 Å². The molecule has 1 fully saturated rings. The highest BCUT2D eigenvalue weighted by Gasteiger charge is 2.33. The molecule has 1 saturated carbocycles. The lowest BCUT2D eigenvalue weighted by atomic mass is 9.99. The molecular formula is C12H13BrN2. The van der Waals surface area contributed by atoms with Gasteiger partial charge in [-0.2, -0.15) is 5.26 Å². The third kappa shape index (κ3) is 2.15. The van der Waals surface area contributed by atoms with E-state index in [1.54, 1.807) is 0 Å². The molecule has 0 radical (unpaired) electrons. The van der Waals surface area contributed by atoms with Crippen LogP contribution in [0.2, 0.25) is 0 Å². The van der Waals surface area contributed by atoms with E-state index in [-0.39, 0.29) is 5.54 Å². The second kappa shape index (κ2) is 4.24. The zero-order chi connectivity index (χ0) is 10.7. The van der Waals surface area contributed by atoms with Crippen LogP contribution in [-0.2, 0) is 0 Å². The molecule has 0 aromatic heterocycles. The molecule has 78 valence electrons. The first kappa shape index (κ1) is 10.5. The van der Waals surface area contributed by atoms with E-state index in [1.807, 2.05) is 24.3 Å². The fourth-order valence-corrected chi connectivity index (χ4v) is 2.45. The molecular weight excluding hydrogens is 252 g/mol. The minimum absolute atomic E-state index is 0.343. The number of hydrogen-bond donors (Lipinski definition) is 1. The van der Waals surface area contributed by atoms with Gasteiger partial charge in [-0.25, -0.2) is 0 Å². The van der Waals surface area contributed by atoms with Gasteiger partial charge in [-0.1, -0.05) is 12.1 Å². The number of nitriles is 1. The van der Waals surface area contributed by atoms with Crippen LogP contribution in [0.4, 0.5) is 5.69 Å². The molecule has 3 heteroatoms. The summed E-state index contributed by atoms with van der Waals surface area (Å²) >= 11 is 3.48. The van der Waals surface area contributed by atoms with Gasteiger partial charge in [0, 0.05) is 10.2 Å². The molecule has 1 aromatic carbocycles. The van der Waals surface area contributed by atoms with Crippen molar-refractivity contribution in [2.75, 3.05) is 5.32 Å². The van der Waals surface area contributed by atoms with Gasteiger partial charge in [0.25, 0.3) is 0 Å². The highest BCUT2D eigenvalue weighted by molar-refractivity contribution is 9.10. The van der Waals surface area contributed by atoms with Crippen molar-refractivity contribution in [3.05, 3.63) is 28.7 Å². The molecule has 1 aliphatic carbocycles. The number of hydrogen-bond acceptors (Lipinski definition) is 2. The second-order valence-corrected chi connectivity index (χ2v) is 4.86. The van der Waals surface area contributed by atoms with Gasteiger partial charge in [-0.05, 0) is 53.7 Å². The van der Waals surface area contributed by atoms with Crippen LogP contribution in [0.15, 0.2) is 28.7 Å². The highest BCUT2D eigenvalue weighted by atomic mass is 79.9. The second-order valence-electron chi connectivity index (χ2n) is 4.01. The maximum atomic E-state index is 9.24. The van der Waals surface area contributed by atoms with Crippen molar-refractivity contribution in [2.45, 2.75) is 31.2 Å². The average Bonchev–Trinajstić information content (AvgIpc) is 2.71. The van der Waals surface area contributed by atoms with Gasteiger partial charge in [0.15, 0.2) is 0 Å². The van der Waals surface area contributed by atoms with Crippen molar-refractivity contribution in [1.29, 1.82) is 5.26 Å². The molecule has 0 amide bonds. The zero-order valence-corrected chi connectivity index (χ0v) is 10.0. The molecule has 2 nitrogen and oxygen atoms in total. The Hall–Kier alpha value is -1.01. The minimum Gasteiger partial charge on any atom is -0.366 e. The summed E-state index contributed by atoms with van der Waals surface area (Å²) in [6, 6.07) is 10.4. The van der Waals surface area contributed by atoms with Gasteiger partial charge in [0.1, 0.15) is 5.54 Å². The van der Waals surface area contributed by atoms with E-state index >= 15 is 0 Å². The summed E-state index contributed by atoms with van der Waals surface area (Å²) in [4.78, 5) is 0. The van der Waals surface area contributed by atoms with Crippen LogP contribution in [0.5, 0.6) is 0 Å². The first-order chi connectivity index (χ1) is 7.26. The van der Waals surface area contributed by atoms with Crippen LogP contribution in [0.25, 0.3) is 0 Å². The van der Waals surface area contributed by atoms with Crippen molar-refractivity contribution < 1.29 is 0 Å². The number of halogens is 1. The number of para-hydroxylation sites is 1. The predicted molar refractivity (Wildman–Crippen MR) is 64.6 cm³/mol. The number of benzene rings is 1. The fraction of sp³-hybridized carbons (Fsp3) is 0.417. The third-order valence-corrected chi connectivity index (χ3v) is 3.61. The van der Waals surface area contributed by atoms with Crippen LogP contribution in [-0.4, -0.2) is 5.54 Å². The van der Waals surface area contributed by atoms with E-state index in [1.165, 1.54) is 0 Å². The predicted octanol–water partition coefficient (Wildman–Crippen LogP) is 3.70. The van der Waals surface area contributed by atoms with Crippen molar-refractivity contribution >= 4 is 21.6 Å². The standard InChI is InChI=1S/C12H13BrN2/c13-10-5-1-2-6-11(10)15-12(9-14)7-3-4-8-12/h1-2,5-6,15H,3-4,7-8H2. The van der Waals surface area contributed by atoms with E-state index < -0.39 is 0 Å². The molecule has 0 bridgehead atoms. The first-order valence-corrected chi connectivity index (χ1v) is 5.99. The Bertz CT molecular complexity index is 389. The van der Waals surface area contributed by atoms with Crippen molar-refractivity contribution in [3.8, 4) is 6.07 Å². The Morgan fingerprint density at radius 1 is 1.27 bits per heavy atom. The van der Waals surface area contributed by atoms with Crippen LogP contribution < -0.4 is 5.32 Å². The highest BCUT2D eigenvalue weighted by Crippen LogP contribution is 2.34. The number of anilines is 1. The zero-order valence-electron chi connectivity index (χ0n) is 8.46. The van der Waals surface area contributed by atoms with Crippen LogP contribution >= 0.6 is 15.9 Å². The SMILES string of the molecule is N#CC1(Nc2ccccc2Br)CCCC1. The fourth-order valence-electron chi connectivity index (χ4n) is 2.06. The summed E-state index contributed by atoms with van der Waals surface area (Å²) in [7, 11) is 0. The lowest BCUT2D eigenvalue weighted by molar-refractivity contribution is 0.613. The van der Waals surface area contributed by atoms with Crippen molar-refractivity contribution in [2.24, 2.45) is 0 Å². The van der Waals surface area contributed by atoms with E-state index in [2.05, 4.69) is 27.3 Å². The largest absolute Gasteiger partial charge is 0.366 e. The van der Waals surface area contributed by atoms with Crippen molar-refractivity contribution in [3.63, 3.8) is 0 Å². The lowest BCUT2D eigenvalue weighted by Gasteiger charge is -2.24. The Morgan fingerprint density at radius 2 is 1.93 bits per heavy atom. The quantitative estimate of drug-likeness (QED) is 0.885. The van der Waals surface area contributed by atoms with Gasteiger partial charge in [0.2, 0.25) is 0 Å². The van der Waals surface area contributed by atoms with Gasteiger partial charge in [-0.15, -0.1) is 0 Å². The van der Waals surface area contributed by atoms with Gasteiger partial charge < -0.3 is 5.32 Å². The summed E-state index contributed by atoms with van der Waals surface area (Å²) in [6.45, 7) is 0. The summed E-state index contributed by atoms with van der Waals surface area (Å²) in [5.41, 5.74) is 0.671. The van der Waals surface area contributed by atoms with Crippen LogP contribution in [0, 0.1) is 11.3 Å². The lowest BCUT2D eigenvalue weighted by Crippen LogP contribution is -2.33. The maximum absolute atomic E-state index is 9.24. The summed E-state index contributed by atoms with van der Waals surface area (Å²) in [5, 5.41) is 12.6. The molecule has 15 heavy (non-hydrogen) atoms. The van der Waals surface area contributed by atoms with Gasteiger partial charge in [-0.3, -0.25) is 0 Å². The molecule has 0 atom stereocenters. The molecule has 0 unspecified atom stereocenters. The smallest absolute Gasteiger partial charge is 0.125 e. The first-order valence-electron chi connectivity index (χ1n) is 5.20. The molecule has 1 aliphatic rings. The maximum Gasteiger partial charge on any atom is 0.125 e. The van der Waals surface area contributed by atoms with Crippen LogP contribution in [0.3, 0.4) is 0 Å². The molecule has 2 rings (SSSR count). The van der Waals surface area contributed by atoms with E-state index in [9.17, 15) is 5.26 Å². The molecule has 0 spiro atoms.